The number of benzene rings is 2. The van der Waals surface area contributed by atoms with Crippen molar-refractivity contribution >= 4 is 5.91 Å². The fraction of sp³-hybridized carbons (Fsp3) is 0.350. The van der Waals surface area contributed by atoms with Crippen molar-refractivity contribution in [3.8, 4) is 5.75 Å². The van der Waals surface area contributed by atoms with Crippen LogP contribution in [0.4, 0.5) is 0 Å². The van der Waals surface area contributed by atoms with E-state index in [1.807, 2.05) is 70.2 Å². The molecule has 0 aromatic heterocycles. The molecule has 2 rings (SSSR count). The minimum Gasteiger partial charge on any atom is -0.480 e. The normalized spacial score (nSPS) is 11.8. The summed E-state index contributed by atoms with van der Waals surface area (Å²) in [5.41, 5.74) is 4.55. The predicted octanol–water partition coefficient (Wildman–Crippen LogP) is 4.09. The highest BCUT2D eigenvalue weighted by Gasteiger charge is 2.19. The van der Waals surface area contributed by atoms with Gasteiger partial charge < -0.3 is 10.1 Å². The first kappa shape index (κ1) is 17.1. The van der Waals surface area contributed by atoms with Crippen molar-refractivity contribution in [3.63, 3.8) is 0 Å². The Bertz CT molecular complexity index is 662. The SMILES string of the molecule is CC[C@@H](Oc1cccc(C)c1C)C(=O)NCc1ccc(C)cc1. The van der Waals surface area contributed by atoms with Crippen molar-refractivity contribution < 1.29 is 9.53 Å². The molecule has 0 radical (unpaired) electrons. The summed E-state index contributed by atoms with van der Waals surface area (Å²) >= 11 is 0. The zero-order valence-electron chi connectivity index (χ0n) is 14.3. The molecule has 0 saturated heterocycles. The van der Waals surface area contributed by atoms with Gasteiger partial charge in [0.1, 0.15) is 5.75 Å². The van der Waals surface area contributed by atoms with Crippen LogP contribution in [0, 0.1) is 20.8 Å². The maximum absolute atomic E-state index is 12.4. The van der Waals surface area contributed by atoms with Gasteiger partial charge in [-0.25, -0.2) is 0 Å². The van der Waals surface area contributed by atoms with E-state index in [1.165, 1.54) is 5.56 Å². The van der Waals surface area contributed by atoms with Gasteiger partial charge in [-0.2, -0.15) is 0 Å². The van der Waals surface area contributed by atoms with E-state index in [1.54, 1.807) is 0 Å². The Morgan fingerprint density at radius 1 is 1.09 bits per heavy atom. The molecule has 0 spiro atoms. The highest BCUT2D eigenvalue weighted by molar-refractivity contribution is 5.81. The summed E-state index contributed by atoms with van der Waals surface area (Å²) in [6.07, 6.45) is 0.161. The fourth-order valence-electron chi connectivity index (χ4n) is 2.34. The standard InChI is InChI=1S/C20H25NO2/c1-5-18(23-19-8-6-7-15(3)16(19)4)20(22)21-13-17-11-9-14(2)10-12-17/h6-12,18H,5,13H2,1-4H3,(H,21,22)/t18-/m1/s1. The van der Waals surface area contributed by atoms with Gasteiger partial charge in [-0.15, -0.1) is 0 Å². The molecule has 0 heterocycles. The fourth-order valence-corrected chi connectivity index (χ4v) is 2.34. The number of hydrogen-bond donors (Lipinski definition) is 1. The second-order valence-corrected chi connectivity index (χ2v) is 5.92. The van der Waals surface area contributed by atoms with E-state index < -0.39 is 6.10 Å². The van der Waals surface area contributed by atoms with Crippen LogP contribution in [0.2, 0.25) is 0 Å². The van der Waals surface area contributed by atoms with Crippen LogP contribution in [0.5, 0.6) is 5.75 Å². The lowest BCUT2D eigenvalue weighted by Gasteiger charge is -2.19. The van der Waals surface area contributed by atoms with Crippen LogP contribution in [0.1, 0.15) is 35.6 Å². The first-order chi connectivity index (χ1) is 11.0. The number of carbonyl (C=O) groups is 1. The molecular formula is C20H25NO2. The summed E-state index contributed by atoms with van der Waals surface area (Å²) in [6.45, 7) is 8.59. The second-order valence-electron chi connectivity index (χ2n) is 5.92. The average Bonchev–Trinajstić information content (AvgIpc) is 2.55. The minimum absolute atomic E-state index is 0.0750. The van der Waals surface area contributed by atoms with Gasteiger partial charge in [0, 0.05) is 6.54 Å². The zero-order chi connectivity index (χ0) is 16.8. The van der Waals surface area contributed by atoms with Crippen molar-refractivity contribution in [1.29, 1.82) is 0 Å². The van der Waals surface area contributed by atoms with Crippen molar-refractivity contribution in [2.24, 2.45) is 0 Å². The summed E-state index contributed by atoms with van der Waals surface area (Å²) < 4.78 is 5.93. The highest BCUT2D eigenvalue weighted by Crippen LogP contribution is 2.22. The summed E-state index contributed by atoms with van der Waals surface area (Å²) in [5, 5.41) is 2.96. The van der Waals surface area contributed by atoms with Crippen LogP contribution >= 0.6 is 0 Å². The molecule has 0 unspecified atom stereocenters. The van der Waals surface area contributed by atoms with E-state index in [0.717, 1.165) is 22.4 Å². The topological polar surface area (TPSA) is 38.3 Å². The molecule has 122 valence electrons. The van der Waals surface area contributed by atoms with E-state index in [9.17, 15) is 4.79 Å². The van der Waals surface area contributed by atoms with Gasteiger partial charge in [0.2, 0.25) is 0 Å². The van der Waals surface area contributed by atoms with Gasteiger partial charge in [-0.1, -0.05) is 48.9 Å². The molecule has 0 aliphatic carbocycles. The molecule has 3 heteroatoms. The Kier molecular flexibility index (Phi) is 5.80. The maximum atomic E-state index is 12.4. The Labute approximate surface area is 138 Å². The van der Waals surface area contributed by atoms with Crippen molar-refractivity contribution in [2.75, 3.05) is 0 Å². The minimum atomic E-state index is -0.471. The lowest BCUT2D eigenvalue weighted by Crippen LogP contribution is -2.37. The molecule has 1 N–H and O–H groups in total. The molecule has 0 bridgehead atoms. The molecule has 0 saturated carbocycles. The molecule has 23 heavy (non-hydrogen) atoms. The molecule has 1 atom stereocenters. The summed E-state index contributed by atoms with van der Waals surface area (Å²) in [6, 6.07) is 14.1. The number of hydrogen-bond acceptors (Lipinski definition) is 2. The number of amides is 1. The average molecular weight is 311 g/mol. The van der Waals surface area contributed by atoms with E-state index in [0.29, 0.717) is 13.0 Å². The van der Waals surface area contributed by atoms with E-state index >= 15 is 0 Å². The Morgan fingerprint density at radius 2 is 1.78 bits per heavy atom. The van der Waals surface area contributed by atoms with Gasteiger partial charge in [0.05, 0.1) is 0 Å². The molecule has 0 fully saturated rings. The van der Waals surface area contributed by atoms with E-state index in [2.05, 4.69) is 5.32 Å². The Balaban J connectivity index is 1.98. The van der Waals surface area contributed by atoms with Gasteiger partial charge in [0.15, 0.2) is 6.10 Å². The van der Waals surface area contributed by atoms with Crippen LogP contribution in [0.25, 0.3) is 0 Å². The first-order valence-electron chi connectivity index (χ1n) is 8.07. The number of nitrogens with one attached hydrogen (secondary N) is 1. The Morgan fingerprint density at radius 3 is 2.43 bits per heavy atom. The van der Waals surface area contributed by atoms with Crippen LogP contribution < -0.4 is 10.1 Å². The zero-order valence-corrected chi connectivity index (χ0v) is 14.3. The third-order valence-corrected chi connectivity index (χ3v) is 4.07. The van der Waals surface area contributed by atoms with Crippen molar-refractivity contribution in [3.05, 3.63) is 64.7 Å². The molecule has 1 amide bonds. The monoisotopic (exact) mass is 311 g/mol. The number of ether oxygens (including phenoxy) is 1. The predicted molar refractivity (Wildman–Crippen MR) is 93.6 cm³/mol. The summed E-state index contributed by atoms with van der Waals surface area (Å²) in [5.74, 6) is 0.705. The van der Waals surface area contributed by atoms with Crippen LogP contribution in [-0.4, -0.2) is 12.0 Å². The van der Waals surface area contributed by atoms with Gasteiger partial charge in [-0.3, -0.25) is 4.79 Å². The van der Waals surface area contributed by atoms with E-state index in [-0.39, 0.29) is 5.91 Å². The highest BCUT2D eigenvalue weighted by atomic mass is 16.5. The summed E-state index contributed by atoms with van der Waals surface area (Å²) in [4.78, 5) is 12.4. The molecule has 0 aliphatic rings. The van der Waals surface area contributed by atoms with Crippen LogP contribution in [0.3, 0.4) is 0 Å². The van der Waals surface area contributed by atoms with Crippen LogP contribution in [0.15, 0.2) is 42.5 Å². The largest absolute Gasteiger partial charge is 0.480 e. The van der Waals surface area contributed by atoms with Gasteiger partial charge in [-0.05, 0) is 49.9 Å². The second kappa shape index (κ2) is 7.82. The number of rotatable bonds is 6. The third-order valence-electron chi connectivity index (χ3n) is 4.07. The lowest BCUT2D eigenvalue weighted by molar-refractivity contribution is -0.128. The summed E-state index contributed by atoms with van der Waals surface area (Å²) in [7, 11) is 0. The quantitative estimate of drug-likeness (QED) is 0.872. The van der Waals surface area contributed by atoms with Crippen molar-refractivity contribution in [1.82, 2.24) is 5.32 Å². The number of aryl methyl sites for hydroxylation is 2. The van der Waals surface area contributed by atoms with Crippen LogP contribution in [-0.2, 0) is 11.3 Å². The van der Waals surface area contributed by atoms with Gasteiger partial charge >= 0.3 is 0 Å². The van der Waals surface area contributed by atoms with E-state index in [4.69, 9.17) is 4.74 Å². The molecule has 3 nitrogen and oxygen atoms in total. The molecule has 2 aromatic rings. The Hall–Kier alpha value is -2.29. The maximum Gasteiger partial charge on any atom is 0.261 e. The number of carbonyl (C=O) groups excluding carboxylic acids is 1. The third kappa shape index (κ3) is 4.59. The molecular weight excluding hydrogens is 286 g/mol. The lowest BCUT2D eigenvalue weighted by atomic mass is 10.1. The van der Waals surface area contributed by atoms with Crippen molar-refractivity contribution in [2.45, 2.75) is 46.8 Å². The smallest absolute Gasteiger partial charge is 0.261 e. The van der Waals surface area contributed by atoms with Gasteiger partial charge in [0.25, 0.3) is 5.91 Å². The first-order valence-corrected chi connectivity index (χ1v) is 8.07. The molecule has 0 aliphatic heterocycles. The molecule has 2 aromatic carbocycles.